The normalized spacial score (nSPS) is 36.2. The molecule has 0 aromatic heterocycles. The summed E-state index contributed by atoms with van der Waals surface area (Å²) in [5.74, 6) is 0.812. The van der Waals surface area contributed by atoms with Crippen LogP contribution < -0.4 is 0 Å². The van der Waals surface area contributed by atoms with Crippen molar-refractivity contribution in [2.24, 2.45) is 22.7 Å². The topological polar surface area (TPSA) is 46.5 Å². The van der Waals surface area contributed by atoms with Gasteiger partial charge >= 0.3 is 5.97 Å². The number of cyclic esters (lactones) is 1. The van der Waals surface area contributed by atoms with Gasteiger partial charge < -0.3 is 9.84 Å². The maximum absolute atomic E-state index is 11.4. The highest BCUT2D eigenvalue weighted by atomic mass is 16.5. The van der Waals surface area contributed by atoms with Crippen molar-refractivity contribution in [2.75, 3.05) is 6.61 Å². The largest absolute Gasteiger partial charge is 0.458 e. The van der Waals surface area contributed by atoms with Gasteiger partial charge in [-0.2, -0.15) is 0 Å². The molecule has 0 radical (unpaired) electrons. The molecule has 2 aliphatic carbocycles. The SMILES string of the molecule is C=C(C)CCC[C@@]1(C)CCC=C2[C@@H]1CC[C@@H](C)[C@]2(C)C[C@H](O)C1=CC(=O)OC1. The number of aliphatic hydroxyl groups is 1. The molecule has 0 spiro atoms. The fraction of sp³-hybridized carbons (Fsp3) is 0.720. The van der Waals surface area contributed by atoms with Gasteiger partial charge in [0.25, 0.3) is 0 Å². The molecule has 0 amide bonds. The van der Waals surface area contributed by atoms with Crippen molar-refractivity contribution >= 4 is 5.97 Å². The average molecular weight is 387 g/mol. The zero-order valence-electron chi connectivity index (χ0n) is 18.2. The molecule has 3 nitrogen and oxygen atoms in total. The first-order valence-corrected chi connectivity index (χ1v) is 11.1. The van der Waals surface area contributed by atoms with Crippen LogP contribution in [0.15, 0.2) is 35.5 Å². The summed E-state index contributed by atoms with van der Waals surface area (Å²) >= 11 is 0. The number of esters is 1. The number of hydrogen-bond donors (Lipinski definition) is 1. The van der Waals surface area contributed by atoms with Crippen LogP contribution in [0.25, 0.3) is 0 Å². The van der Waals surface area contributed by atoms with E-state index in [0.717, 1.165) is 18.4 Å². The summed E-state index contributed by atoms with van der Waals surface area (Å²) in [6, 6.07) is 0. The van der Waals surface area contributed by atoms with Gasteiger partial charge in [0.05, 0.1) is 6.10 Å². The van der Waals surface area contributed by atoms with Crippen LogP contribution in [0.5, 0.6) is 0 Å². The minimum atomic E-state index is -0.602. The van der Waals surface area contributed by atoms with Gasteiger partial charge in [-0.05, 0) is 81.0 Å². The maximum Gasteiger partial charge on any atom is 0.331 e. The van der Waals surface area contributed by atoms with Crippen molar-refractivity contribution in [1.29, 1.82) is 0 Å². The molecule has 5 atom stereocenters. The first-order valence-electron chi connectivity index (χ1n) is 11.1. The predicted octanol–water partition coefficient (Wildman–Crippen LogP) is 5.75. The van der Waals surface area contributed by atoms with Gasteiger partial charge in [0.15, 0.2) is 0 Å². The van der Waals surface area contributed by atoms with Crippen LogP contribution in [-0.2, 0) is 9.53 Å². The van der Waals surface area contributed by atoms with Gasteiger partial charge in [-0.15, -0.1) is 6.58 Å². The van der Waals surface area contributed by atoms with Gasteiger partial charge in [-0.1, -0.05) is 38.0 Å². The van der Waals surface area contributed by atoms with Crippen LogP contribution in [0.4, 0.5) is 0 Å². The molecule has 1 saturated carbocycles. The van der Waals surface area contributed by atoms with E-state index in [0.29, 0.717) is 23.7 Å². The molecule has 3 heteroatoms. The Morgan fingerprint density at radius 2 is 2.14 bits per heavy atom. The van der Waals surface area contributed by atoms with Crippen LogP contribution in [0.3, 0.4) is 0 Å². The molecular weight excluding hydrogens is 348 g/mol. The van der Waals surface area contributed by atoms with Gasteiger partial charge in [0.2, 0.25) is 0 Å². The molecule has 28 heavy (non-hydrogen) atoms. The van der Waals surface area contributed by atoms with Crippen molar-refractivity contribution in [3.63, 3.8) is 0 Å². The molecule has 156 valence electrons. The molecule has 0 bridgehead atoms. The summed E-state index contributed by atoms with van der Waals surface area (Å²) in [6.45, 7) is 13.6. The van der Waals surface area contributed by atoms with E-state index in [1.54, 1.807) is 5.57 Å². The number of aliphatic hydroxyl groups excluding tert-OH is 1. The Morgan fingerprint density at radius 1 is 1.39 bits per heavy atom. The molecule has 0 unspecified atom stereocenters. The van der Waals surface area contributed by atoms with Crippen molar-refractivity contribution in [3.8, 4) is 0 Å². The molecule has 1 aliphatic heterocycles. The molecule has 1 fully saturated rings. The van der Waals surface area contributed by atoms with E-state index in [2.05, 4.69) is 40.3 Å². The van der Waals surface area contributed by atoms with Gasteiger partial charge in [0, 0.05) is 11.6 Å². The van der Waals surface area contributed by atoms with Crippen LogP contribution in [0, 0.1) is 22.7 Å². The minimum Gasteiger partial charge on any atom is -0.458 e. The predicted molar refractivity (Wildman–Crippen MR) is 114 cm³/mol. The van der Waals surface area contributed by atoms with E-state index in [1.807, 2.05) is 0 Å². The number of fused-ring (bicyclic) bond motifs is 1. The molecule has 3 rings (SSSR count). The smallest absolute Gasteiger partial charge is 0.331 e. The van der Waals surface area contributed by atoms with E-state index in [4.69, 9.17) is 4.74 Å². The standard InChI is InChI=1S/C25H38O3/c1-17(2)8-6-12-24(4)13-7-9-21-20(24)11-10-18(3)25(21,5)15-22(26)19-14-23(27)28-16-19/h9,14,18,20,22,26H,1,6-8,10-13,15-16H2,2-5H3/t18-,20+,22+,24+,25+/m1/s1. The van der Waals surface area contributed by atoms with Gasteiger partial charge in [0.1, 0.15) is 6.61 Å². The summed E-state index contributed by atoms with van der Waals surface area (Å²) in [5.41, 5.74) is 3.91. The lowest BCUT2D eigenvalue weighted by molar-refractivity contribution is -0.135. The van der Waals surface area contributed by atoms with Crippen LogP contribution in [0.2, 0.25) is 0 Å². The van der Waals surface area contributed by atoms with Crippen molar-refractivity contribution in [1.82, 2.24) is 0 Å². The summed E-state index contributed by atoms with van der Waals surface area (Å²) in [6.07, 6.45) is 12.5. The summed E-state index contributed by atoms with van der Waals surface area (Å²) in [7, 11) is 0. The van der Waals surface area contributed by atoms with E-state index in [-0.39, 0.29) is 18.0 Å². The van der Waals surface area contributed by atoms with Crippen molar-refractivity contribution < 1.29 is 14.6 Å². The molecule has 1 heterocycles. The lowest BCUT2D eigenvalue weighted by Gasteiger charge is -2.54. The van der Waals surface area contributed by atoms with E-state index < -0.39 is 6.10 Å². The van der Waals surface area contributed by atoms with Gasteiger partial charge in [-0.25, -0.2) is 4.79 Å². The first kappa shape index (κ1) is 21.4. The highest BCUT2D eigenvalue weighted by Crippen LogP contribution is 2.59. The molecule has 3 aliphatic rings. The lowest BCUT2D eigenvalue weighted by Crippen LogP contribution is -2.45. The molecule has 0 aromatic carbocycles. The van der Waals surface area contributed by atoms with Gasteiger partial charge in [-0.3, -0.25) is 0 Å². The number of ether oxygens (including phenoxy) is 1. The zero-order chi connectivity index (χ0) is 20.5. The fourth-order valence-electron chi connectivity index (χ4n) is 5.93. The Balaban J connectivity index is 1.80. The number of carbonyl (C=O) groups excluding carboxylic acids is 1. The highest BCUT2D eigenvalue weighted by molar-refractivity contribution is 5.85. The summed E-state index contributed by atoms with van der Waals surface area (Å²) in [5, 5.41) is 10.9. The molecular formula is C25H38O3. The third-order valence-electron chi connectivity index (χ3n) is 8.01. The monoisotopic (exact) mass is 386 g/mol. The maximum atomic E-state index is 11.4. The Hall–Kier alpha value is -1.35. The van der Waals surface area contributed by atoms with Crippen molar-refractivity contribution in [2.45, 2.75) is 85.2 Å². The quantitative estimate of drug-likeness (QED) is 0.448. The Bertz CT molecular complexity index is 688. The van der Waals surface area contributed by atoms with E-state index in [1.165, 1.54) is 43.8 Å². The second-order valence-electron chi connectivity index (χ2n) is 10.2. The fourth-order valence-corrected chi connectivity index (χ4v) is 5.93. The van der Waals surface area contributed by atoms with Crippen LogP contribution in [-0.4, -0.2) is 23.8 Å². The summed E-state index contributed by atoms with van der Waals surface area (Å²) < 4.78 is 5.03. The minimum absolute atomic E-state index is 0.0230. The number of allylic oxidation sites excluding steroid dienone is 3. The van der Waals surface area contributed by atoms with Crippen molar-refractivity contribution in [3.05, 3.63) is 35.5 Å². The van der Waals surface area contributed by atoms with E-state index in [9.17, 15) is 9.90 Å². The Morgan fingerprint density at radius 3 is 2.79 bits per heavy atom. The second kappa shape index (κ2) is 8.18. The van der Waals surface area contributed by atoms with Crippen LogP contribution >= 0.6 is 0 Å². The first-order chi connectivity index (χ1) is 13.2. The summed E-state index contributed by atoms with van der Waals surface area (Å²) in [4.78, 5) is 11.4. The molecule has 0 saturated heterocycles. The second-order valence-corrected chi connectivity index (χ2v) is 10.2. The third kappa shape index (κ3) is 4.15. The average Bonchev–Trinajstić information content (AvgIpc) is 3.05. The zero-order valence-corrected chi connectivity index (χ0v) is 18.2. The molecule has 0 aromatic rings. The number of hydrogen-bond acceptors (Lipinski definition) is 3. The van der Waals surface area contributed by atoms with Crippen LogP contribution in [0.1, 0.15) is 79.1 Å². The Labute approximate surface area is 170 Å². The molecule has 1 N–H and O–H groups in total. The highest BCUT2D eigenvalue weighted by Gasteiger charge is 2.50. The number of carbonyl (C=O) groups is 1. The third-order valence-corrected chi connectivity index (χ3v) is 8.01. The Kier molecular flexibility index (Phi) is 6.24. The lowest BCUT2D eigenvalue weighted by atomic mass is 9.50. The number of rotatable bonds is 7. The van der Waals surface area contributed by atoms with E-state index >= 15 is 0 Å².